The molecule has 2 N–H and O–H groups in total. The van der Waals surface area contributed by atoms with Crippen LogP contribution in [-0.2, 0) is 4.79 Å². The van der Waals surface area contributed by atoms with Crippen molar-refractivity contribution in [3.8, 4) is 0 Å². The Labute approximate surface area is 115 Å². The summed E-state index contributed by atoms with van der Waals surface area (Å²) in [5.74, 6) is -0.581. The van der Waals surface area contributed by atoms with Gasteiger partial charge in [0.1, 0.15) is 6.04 Å². The van der Waals surface area contributed by atoms with Gasteiger partial charge in [-0.3, -0.25) is 0 Å². The number of hydrogen-bond acceptors (Lipinski definition) is 2. The Balaban J connectivity index is 2.67. The zero-order chi connectivity index (χ0) is 14.4. The van der Waals surface area contributed by atoms with E-state index in [1.54, 1.807) is 6.92 Å². The normalized spacial score (nSPS) is 17.5. The predicted molar refractivity (Wildman–Crippen MR) is 74.0 cm³/mol. The van der Waals surface area contributed by atoms with Crippen molar-refractivity contribution in [1.29, 1.82) is 0 Å². The van der Waals surface area contributed by atoms with Crippen LogP contribution in [-0.4, -0.2) is 40.6 Å². The third-order valence-corrected chi connectivity index (χ3v) is 3.59. The van der Waals surface area contributed by atoms with Gasteiger partial charge in [-0.15, -0.1) is 0 Å². The Bertz CT molecular complexity index is 312. The lowest BCUT2D eigenvalue weighted by Crippen LogP contribution is -2.51. The van der Waals surface area contributed by atoms with Crippen molar-refractivity contribution in [2.24, 2.45) is 5.92 Å². The molecule has 2 amide bonds. The molecular formula is C14H26N2O3. The molecular weight excluding hydrogens is 244 g/mol. The molecule has 1 fully saturated rings. The highest BCUT2D eigenvalue weighted by molar-refractivity contribution is 5.82. The number of carboxylic acid groups (broad SMARTS) is 1. The molecule has 0 unspecified atom stereocenters. The van der Waals surface area contributed by atoms with E-state index in [9.17, 15) is 9.59 Å². The SMILES string of the molecule is CC[C@H](NC(=O)N(CC(C)C)C1CCCC1)C(=O)O. The number of nitrogens with one attached hydrogen (secondary N) is 1. The van der Waals surface area contributed by atoms with E-state index in [0.29, 0.717) is 18.9 Å². The Hall–Kier alpha value is -1.26. The average molecular weight is 270 g/mol. The summed E-state index contributed by atoms with van der Waals surface area (Å²) in [5.41, 5.74) is 0. The van der Waals surface area contributed by atoms with E-state index in [0.717, 1.165) is 25.7 Å². The van der Waals surface area contributed by atoms with Gasteiger partial charge in [0.2, 0.25) is 0 Å². The number of carboxylic acids is 1. The van der Waals surface area contributed by atoms with Gasteiger partial charge in [-0.25, -0.2) is 9.59 Å². The average Bonchev–Trinajstić information content (AvgIpc) is 2.85. The number of urea groups is 1. The second kappa shape index (κ2) is 7.36. The lowest BCUT2D eigenvalue weighted by atomic mass is 10.1. The summed E-state index contributed by atoms with van der Waals surface area (Å²) in [4.78, 5) is 25.1. The second-order valence-corrected chi connectivity index (χ2v) is 5.73. The maximum Gasteiger partial charge on any atom is 0.326 e. The number of rotatable bonds is 6. The molecule has 1 rings (SSSR count). The van der Waals surface area contributed by atoms with E-state index >= 15 is 0 Å². The lowest BCUT2D eigenvalue weighted by molar-refractivity contribution is -0.139. The van der Waals surface area contributed by atoms with Crippen LogP contribution in [0.25, 0.3) is 0 Å². The van der Waals surface area contributed by atoms with Gasteiger partial charge >= 0.3 is 12.0 Å². The summed E-state index contributed by atoms with van der Waals surface area (Å²) in [7, 11) is 0. The molecule has 0 aromatic carbocycles. The van der Waals surface area contributed by atoms with Crippen molar-refractivity contribution in [3.63, 3.8) is 0 Å². The number of nitrogens with zero attached hydrogens (tertiary/aromatic N) is 1. The first-order chi connectivity index (χ1) is 8.95. The Morgan fingerprint density at radius 1 is 1.32 bits per heavy atom. The van der Waals surface area contributed by atoms with Crippen LogP contribution in [0.2, 0.25) is 0 Å². The highest BCUT2D eigenvalue weighted by Gasteiger charge is 2.29. The van der Waals surface area contributed by atoms with Crippen LogP contribution in [0.15, 0.2) is 0 Å². The molecule has 1 atom stereocenters. The smallest absolute Gasteiger partial charge is 0.326 e. The quantitative estimate of drug-likeness (QED) is 0.779. The molecule has 1 saturated carbocycles. The first-order valence-electron chi connectivity index (χ1n) is 7.25. The fourth-order valence-electron chi connectivity index (χ4n) is 2.58. The van der Waals surface area contributed by atoms with Crippen LogP contribution >= 0.6 is 0 Å². The summed E-state index contributed by atoms with van der Waals surface area (Å²) in [6, 6.07) is -0.743. The fourth-order valence-corrected chi connectivity index (χ4v) is 2.58. The van der Waals surface area contributed by atoms with Crippen molar-refractivity contribution in [2.45, 2.75) is 65.0 Å². The van der Waals surface area contributed by atoms with E-state index in [2.05, 4.69) is 19.2 Å². The molecule has 0 aromatic heterocycles. The Morgan fingerprint density at radius 3 is 2.32 bits per heavy atom. The number of carbonyl (C=O) groups excluding carboxylic acids is 1. The first-order valence-corrected chi connectivity index (χ1v) is 7.25. The molecule has 0 saturated heterocycles. The van der Waals surface area contributed by atoms with Gasteiger partial charge in [0.15, 0.2) is 0 Å². The van der Waals surface area contributed by atoms with E-state index < -0.39 is 12.0 Å². The summed E-state index contributed by atoms with van der Waals surface area (Å²) in [6.07, 6.45) is 4.78. The van der Waals surface area contributed by atoms with E-state index in [-0.39, 0.29) is 12.1 Å². The van der Waals surface area contributed by atoms with Crippen molar-refractivity contribution in [2.75, 3.05) is 6.54 Å². The van der Waals surface area contributed by atoms with Gasteiger partial charge in [0.05, 0.1) is 0 Å². The number of aliphatic carboxylic acids is 1. The van der Waals surface area contributed by atoms with Crippen LogP contribution in [0, 0.1) is 5.92 Å². The Kier molecular flexibility index (Phi) is 6.12. The zero-order valence-electron chi connectivity index (χ0n) is 12.2. The summed E-state index contributed by atoms with van der Waals surface area (Å²) in [5, 5.41) is 11.7. The van der Waals surface area contributed by atoms with Crippen molar-refractivity contribution < 1.29 is 14.7 Å². The minimum Gasteiger partial charge on any atom is -0.480 e. The summed E-state index contributed by atoms with van der Waals surface area (Å²) in [6.45, 7) is 6.60. The minimum absolute atomic E-state index is 0.227. The minimum atomic E-state index is -0.966. The van der Waals surface area contributed by atoms with E-state index in [4.69, 9.17) is 5.11 Å². The number of amides is 2. The van der Waals surface area contributed by atoms with Gasteiger partial charge in [-0.1, -0.05) is 33.6 Å². The maximum absolute atomic E-state index is 12.3. The largest absolute Gasteiger partial charge is 0.480 e. The van der Waals surface area contributed by atoms with E-state index in [1.807, 2.05) is 4.90 Å². The highest BCUT2D eigenvalue weighted by Crippen LogP contribution is 2.24. The summed E-state index contributed by atoms with van der Waals surface area (Å²) >= 11 is 0. The van der Waals surface area contributed by atoms with E-state index in [1.165, 1.54) is 0 Å². The van der Waals surface area contributed by atoms with Crippen molar-refractivity contribution in [1.82, 2.24) is 10.2 Å². The molecule has 5 nitrogen and oxygen atoms in total. The van der Waals surface area contributed by atoms with Crippen LogP contribution in [0.5, 0.6) is 0 Å². The standard InChI is InChI=1S/C14H26N2O3/c1-4-12(13(17)18)15-14(19)16(9-10(2)3)11-7-5-6-8-11/h10-12H,4-9H2,1-3H3,(H,15,19)(H,17,18)/t12-/m0/s1. The molecule has 0 spiro atoms. The van der Waals surface area contributed by atoms with Crippen LogP contribution in [0.3, 0.4) is 0 Å². The molecule has 1 aliphatic rings. The van der Waals surface area contributed by atoms with Crippen LogP contribution in [0.1, 0.15) is 52.9 Å². The first kappa shape index (κ1) is 15.8. The van der Waals surface area contributed by atoms with Gasteiger partial charge in [-0.05, 0) is 25.2 Å². The third kappa shape index (κ3) is 4.73. The maximum atomic E-state index is 12.3. The highest BCUT2D eigenvalue weighted by atomic mass is 16.4. The predicted octanol–water partition coefficient (Wildman–Crippen LogP) is 2.46. The van der Waals surface area contributed by atoms with Crippen LogP contribution < -0.4 is 5.32 Å². The second-order valence-electron chi connectivity index (χ2n) is 5.73. The summed E-state index contributed by atoms with van der Waals surface area (Å²) < 4.78 is 0. The molecule has 0 bridgehead atoms. The van der Waals surface area contributed by atoms with Gasteiger partial charge in [0.25, 0.3) is 0 Å². The Morgan fingerprint density at radius 2 is 1.89 bits per heavy atom. The van der Waals surface area contributed by atoms with Crippen molar-refractivity contribution in [3.05, 3.63) is 0 Å². The monoisotopic (exact) mass is 270 g/mol. The number of hydrogen-bond donors (Lipinski definition) is 2. The molecule has 19 heavy (non-hydrogen) atoms. The molecule has 1 aliphatic carbocycles. The molecule has 0 aromatic rings. The number of carbonyl (C=O) groups is 2. The third-order valence-electron chi connectivity index (χ3n) is 3.59. The van der Waals surface area contributed by atoms with Gasteiger partial charge < -0.3 is 15.3 Å². The lowest BCUT2D eigenvalue weighted by Gasteiger charge is -2.31. The molecule has 0 aliphatic heterocycles. The molecule has 5 heteroatoms. The molecule has 0 heterocycles. The van der Waals surface area contributed by atoms with Gasteiger partial charge in [-0.2, -0.15) is 0 Å². The topological polar surface area (TPSA) is 69.6 Å². The van der Waals surface area contributed by atoms with Crippen LogP contribution in [0.4, 0.5) is 4.79 Å². The molecule has 0 radical (unpaired) electrons. The molecule has 110 valence electrons. The fraction of sp³-hybridized carbons (Fsp3) is 0.857. The zero-order valence-corrected chi connectivity index (χ0v) is 12.2. The van der Waals surface area contributed by atoms with Crippen molar-refractivity contribution >= 4 is 12.0 Å². The van der Waals surface area contributed by atoms with Gasteiger partial charge in [0, 0.05) is 12.6 Å².